The summed E-state index contributed by atoms with van der Waals surface area (Å²) in [5.41, 5.74) is 0.937. The fourth-order valence-electron chi connectivity index (χ4n) is 1.10. The average molecular weight is 240 g/mol. The van der Waals surface area contributed by atoms with Crippen LogP contribution in [0.4, 0.5) is 0 Å². The first-order valence-electron chi connectivity index (χ1n) is 5.41. The standard InChI is InChI=1S/C8H8BNO2.C5H5N/c10-7-9(11)12-6-8-4-2-1-3-5-8;1-2-4-6-5-3-1/h1-5,11H,6H2;1-5H. The Kier molecular flexibility index (Phi) is 6.90. The van der Waals surface area contributed by atoms with Gasteiger partial charge in [-0.05, 0) is 17.7 Å². The Morgan fingerprint density at radius 3 is 2.17 bits per heavy atom. The number of benzene rings is 1. The smallest absolute Gasteiger partial charge is 0.415 e. The molecule has 0 aliphatic carbocycles. The van der Waals surface area contributed by atoms with E-state index in [-0.39, 0.29) is 6.61 Å². The summed E-state index contributed by atoms with van der Waals surface area (Å²) in [6, 6.07) is 15.1. The van der Waals surface area contributed by atoms with Crippen molar-refractivity contribution in [3.05, 3.63) is 66.5 Å². The molecule has 0 amide bonds. The molecule has 0 saturated carbocycles. The molecule has 0 bridgehead atoms. The molecule has 0 spiro atoms. The molecular formula is C13H13BN2O2. The Morgan fingerprint density at radius 2 is 1.72 bits per heavy atom. The van der Waals surface area contributed by atoms with Gasteiger partial charge < -0.3 is 9.68 Å². The second-order valence-corrected chi connectivity index (χ2v) is 3.30. The molecule has 18 heavy (non-hydrogen) atoms. The highest BCUT2D eigenvalue weighted by Gasteiger charge is 2.10. The molecule has 5 heteroatoms. The van der Waals surface area contributed by atoms with E-state index in [2.05, 4.69) is 4.98 Å². The average Bonchev–Trinajstić information content (AvgIpc) is 2.48. The largest absolute Gasteiger partial charge is 0.576 e. The van der Waals surface area contributed by atoms with Crippen LogP contribution in [0.25, 0.3) is 0 Å². The van der Waals surface area contributed by atoms with Crippen LogP contribution in [0.2, 0.25) is 0 Å². The van der Waals surface area contributed by atoms with Crippen LogP contribution in [-0.4, -0.2) is 17.1 Å². The van der Waals surface area contributed by atoms with E-state index in [0.717, 1.165) is 5.56 Å². The van der Waals surface area contributed by atoms with Crippen molar-refractivity contribution in [1.82, 2.24) is 4.98 Å². The highest BCUT2D eigenvalue weighted by atomic mass is 16.5. The first kappa shape index (κ1) is 13.9. The van der Waals surface area contributed by atoms with Gasteiger partial charge in [0, 0.05) is 12.4 Å². The van der Waals surface area contributed by atoms with Gasteiger partial charge in [-0.1, -0.05) is 36.4 Å². The lowest BCUT2D eigenvalue weighted by Gasteiger charge is -2.00. The predicted octanol–water partition coefficient (Wildman–Crippen LogP) is 1.83. The molecule has 90 valence electrons. The van der Waals surface area contributed by atoms with Gasteiger partial charge in [-0.3, -0.25) is 4.98 Å². The van der Waals surface area contributed by atoms with Gasteiger partial charge in [-0.25, -0.2) is 5.26 Å². The Hall–Kier alpha value is -2.16. The molecule has 0 radical (unpaired) electrons. The van der Waals surface area contributed by atoms with Gasteiger partial charge >= 0.3 is 7.12 Å². The zero-order valence-electron chi connectivity index (χ0n) is 9.81. The minimum absolute atomic E-state index is 0.259. The lowest BCUT2D eigenvalue weighted by Crippen LogP contribution is -2.14. The zero-order valence-corrected chi connectivity index (χ0v) is 9.81. The first-order chi connectivity index (χ1) is 8.83. The van der Waals surface area contributed by atoms with Gasteiger partial charge in [-0.2, -0.15) is 0 Å². The highest BCUT2D eigenvalue weighted by Crippen LogP contribution is 2.00. The number of aromatic nitrogens is 1. The van der Waals surface area contributed by atoms with Crippen LogP contribution < -0.4 is 0 Å². The topological polar surface area (TPSA) is 66.1 Å². The molecule has 2 rings (SSSR count). The van der Waals surface area contributed by atoms with E-state index >= 15 is 0 Å². The summed E-state index contributed by atoms with van der Waals surface area (Å²) in [6.07, 6.45) is 3.50. The Bertz CT molecular complexity index is 433. The van der Waals surface area contributed by atoms with Crippen molar-refractivity contribution in [1.29, 1.82) is 5.26 Å². The maximum Gasteiger partial charge on any atom is 0.576 e. The van der Waals surface area contributed by atoms with Gasteiger partial charge in [0.2, 0.25) is 0 Å². The molecule has 1 heterocycles. The number of nitrogens with zero attached hydrogens (tertiary/aromatic N) is 2. The third-order valence-corrected chi connectivity index (χ3v) is 1.93. The summed E-state index contributed by atoms with van der Waals surface area (Å²) in [5, 5.41) is 16.9. The molecule has 1 aromatic carbocycles. The SMILES string of the molecule is N#CB(O)OCc1ccccc1.c1ccncc1. The van der Waals surface area contributed by atoms with Crippen molar-refractivity contribution in [2.45, 2.75) is 6.61 Å². The molecule has 0 aliphatic heterocycles. The van der Waals surface area contributed by atoms with Gasteiger partial charge in [-0.15, -0.1) is 0 Å². The van der Waals surface area contributed by atoms with Crippen molar-refractivity contribution >= 4 is 7.12 Å². The third-order valence-electron chi connectivity index (χ3n) is 1.93. The molecular weight excluding hydrogens is 227 g/mol. The fourth-order valence-corrected chi connectivity index (χ4v) is 1.10. The van der Waals surface area contributed by atoms with Crippen molar-refractivity contribution in [3.63, 3.8) is 0 Å². The third kappa shape index (κ3) is 6.43. The van der Waals surface area contributed by atoms with E-state index in [9.17, 15) is 0 Å². The van der Waals surface area contributed by atoms with Gasteiger partial charge in [0.1, 0.15) is 0 Å². The molecule has 0 saturated heterocycles. The normalized spacial score (nSPS) is 8.67. The van der Waals surface area contributed by atoms with E-state index in [1.165, 1.54) is 0 Å². The number of hydrogen-bond acceptors (Lipinski definition) is 4. The number of rotatable bonds is 3. The Labute approximate surface area is 107 Å². The highest BCUT2D eigenvalue weighted by molar-refractivity contribution is 6.52. The second-order valence-electron chi connectivity index (χ2n) is 3.30. The van der Waals surface area contributed by atoms with Crippen LogP contribution in [0.15, 0.2) is 60.9 Å². The predicted molar refractivity (Wildman–Crippen MR) is 69.1 cm³/mol. The van der Waals surface area contributed by atoms with Crippen molar-refractivity contribution in [2.24, 2.45) is 0 Å². The van der Waals surface area contributed by atoms with Gasteiger partial charge in [0.25, 0.3) is 0 Å². The monoisotopic (exact) mass is 240 g/mol. The summed E-state index contributed by atoms with van der Waals surface area (Å²) >= 11 is 0. The van der Waals surface area contributed by atoms with Crippen LogP contribution in [0.1, 0.15) is 5.56 Å². The minimum atomic E-state index is -1.33. The van der Waals surface area contributed by atoms with E-state index < -0.39 is 7.12 Å². The fraction of sp³-hybridized carbons (Fsp3) is 0.0769. The van der Waals surface area contributed by atoms with E-state index in [4.69, 9.17) is 14.9 Å². The summed E-state index contributed by atoms with van der Waals surface area (Å²) < 4.78 is 4.77. The second kappa shape index (κ2) is 8.94. The lowest BCUT2D eigenvalue weighted by atomic mass is 9.95. The summed E-state index contributed by atoms with van der Waals surface area (Å²) in [6.45, 7) is 0.259. The molecule has 2 aromatic rings. The zero-order chi connectivity index (χ0) is 13.1. The molecule has 0 atom stereocenters. The summed E-state index contributed by atoms with van der Waals surface area (Å²) in [5.74, 6) is 1.57. The molecule has 0 aliphatic rings. The first-order valence-corrected chi connectivity index (χ1v) is 5.41. The van der Waals surface area contributed by atoms with E-state index in [1.54, 1.807) is 18.4 Å². The molecule has 0 fully saturated rings. The van der Waals surface area contributed by atoms with Crippen LogP contribution >= 0.6 is 0 Å². The van der Waals surface area contributed by atoms with Crippen molar-refractivity contribution < 1.29 is 9.68 Å². The van der Waals surface area contributed by atoms with Crippen LogP contribution in [0.5, 0.6) is 0 Å². The number of nitriles is 1. The maximum atomic E-state index is 8.74. The quantitative estimate of drug-likeness (QED) is 0.831. The number of pyridine rings is 1. The molecule has 1 aromatic heterocycles. The van der Waals surface area contributed by atoms with Crippen LogP contribution in [-0.2, 0) is 11.3 Å². The molecule has 1 N–H and O–H groups in total. The van der Waals surface area contributed by atoms with E-state index in [1.807, 2.05) is 48.5 Å². The van der Waals surface area contributed by atoms with Crippen LogP contribution in [0.3, 0.4) is 0 Å². The summed E-state index contributed by atoms with van der Waals surface area (Å²) in [7, 11) is -1.33. The van der Waals surface area contributed by atoms with E-state index in [0.29, 0.717) is 0 Å². The molecule has 4 nitrogen and oxygen atoms in total. The Morgan fingerprint density at radius 1 is 1.11 bits per heavy atom. The van der Waals surface area contributed by atoms with Crippen molar-refractivity contribution in [3.8, 4) is 5.97 Å². The lowest BCUT2D eigenvalue weighted by molar-refractivity contribution is 0.259. The Balaban J connectivity index is 0.000000225. The number of hydrogen-bond donors (Lipinski definition) is 1. The maximum absolute atomic E-state index is 8.74. The minimum Gasteiger partial charge on any atom is -0.415 e. The van der Waals surface area contributed by atoms with Gasteiger partial charge in [0.15, 0.2) is 0 Å². The van der Waals surface area contributed by atoms with Crippen molar-refractivity contribution in [2.75, 3.05) is 0 Å². The summed E-state index contributed by atoms with van der Waals surface area (Å²) in [4.78, 5) is 3.78. The van der Waals surface area contributed by atoms with Crippen LogP contribution in [0, 0.1) is 11.2 Å². The van der Waals surface area contributed by atoms with Gasteiger partial charge in [0.05, 0.1) is 12.6 Å². The molecule has 0 unspecified atom stereocenters.